The fourth-order valence-electron chi connectivity index (χ4n) is 2.29. The largest absolute Gasteiger partial charge is 0.367 e. The second-order valence-corrected chi connectivity index (χ2v) is 8.28. The SMILES string of the molecule is Cc1ccc(S(=O)(=O)C=CC(C)CCC2OC2(C)C)cc1. The highest BCUT2D eigenvalue weighted by Gasteiger charge is 2.46. The number of aryl methyl sites for hydroxylation is 1. The lowest BCUT2D eigenvalue weighted by Gasteiger charge is -2.05. The minimum absolute atomic E-state index is 0.0113. The van der Waals surface area contributed by atoms with Crippen molar-refractivity contribution in [2.45, 2.75) is 57.1 Å². The van der Waals surface area contributed by atoms with E-state index in [1.54, 1.807) is 18.2 Å². The summed E-state index contributed by atoms with van der Waals surface area (Å²) in [6, 6.07) is 6.94. The lowest BCUT2D eigenvalue weighted by atomic mass is 10.00. The Labute approximate surface area is 127 Å². The molecule has 3 nitrogen and oxygen atoms in total. The van der Waals surface area contributed by atoms with Gasteiger partial charge in [0.15, 0.2) is 9.84 Å². The van der Waals surface area contributed by atoms with Gasteiger partial charge >= 0.3 is 0 Å². The number of rotatable bonds is 6. The molecule has 1 aliphatic heterocycles. The van der Waals surface area contributed by atoms with Crippen molar-refractivity contribution in [2.75, 3.05) is 0 Å². The van der Waals surface area contributed by atoms with Crippen LogP contribution in [-0.4, -0.2) is 20.1 Å². The van der Waals surface area contributed by atoms with E-state index in [0.717, 1.165) is 18.4 Å². The molecule has 1 fully saturated rings. The predicted molar refractivity (Wildman–Crippen MR) is 84.9 cm³/mol. The summed E-state index contributed by atoms with van der Waals surface area (Å²) in [5.41, 5.74) is 1.07. The number of epoxide rings is 1. The summed E-state index contributed by atoms with van der Waals surface area (Å²) >= 11 is 0. The Bertz CT molecular complexity index is 612. The van der Waals surface area contributed by atoms with Gasteiger partial charge in [0.1, 0.15) is 0 Å². The lowest BCUT2D eigenvalue weighted by Crippen LogP contribution is -2.04. The van der Waals surface area contributed by atoms with Crippen LogP contribution in [0.1, 0.15) is 39.2 Å². The first-order valence-corrected chi connectivity index (χ1v) is 8.93. The second kappa shape index (κ2) is 5.93. The van der Waals surface area contributed by atoms with E-state index in [2.05, 4.69) is 13.8 Å². The Kier molecular flexibility index (Phi) is 4.59. The van der Waals surface area contributed by atoms with Gasteiger partial charge in [-0.15, -0.1) is 0 Å². The molecule has 2 rings (SSSR count). The Morgan fingerprint density at radius 2 is 1.86 bits per heavy atom. The maximum absolute atomic E-state index is 12.2. The first kappa shape index (κ1) is 16.2. The number of allylic oxidation sites excluding steroid dienone is 1. The standard InChI is InChI=1S/C17H24O3S/c1-13-5-8-15(9-6-13)21(18,19)12-11-14(2)7-10-16-17(3,4)20-16/h5-6,8-9,11-12,14,16H,7,10H2,1-4H3. The van der Waals surface area contributed by atoms with Crippen LogP contribution >= 0.6 is 0 Å². The first-order valence-electron chi connectivity index (χ1n) is 7.38. The zero-order valence-corrected chi connectivity index (χ0v) is 14.0. The molecule has 1 saturated heterocycles. The van der Waals surface area contributed by atoms with Gasteiger partial charge in [-0.2, -0.15) is 0 Å². The highest BCUT2D eigenvalue weighted by Crippen LogP contribution is 2.39. The van der Waals surface area contributed by atoms with Crippen LogP contribution in [0.2, 0.25) is 0 Å². The van der Waals surface area contributed by atoms with Crippen LogP contribution in [0.3, 0.4) is 0 Å². The topological polar surface area (TPSA) is 46.7 Å². The summed E-state index contributed by atoms with van der Waals surface area (Å²) < 4.78 is 29.9. The predicted octanol–water partition coefficient (Wildman–Crippen LogP) is 3.88. The molecule has 116 valence electrons. The highest BCUT2D eigenvalue weighted by molar-refractivity contribution is 7.94. The van der Waals surface area contributed by atoms with Crippen molar-refractivity contribution < 1.29 is 13.2 Å². The number of sulfone groups is 1. The number of benzene rings is 1. The van der Waals surface area contributed by atoms with Gasteiger partial charge in [-0.05, 0) is 51.7 Å². The van der Waals surface area contributed by atoms with Crippen LogP contribution in [0.4, 0.5) is 0 Å². The maximum Gasteiger partial charge on any atom is 0.199 e. The third kappa shape index (κ3) is 4.42. The Morgan fingerprint density at radius 1 is 1.29 bits per heavy atom. The summed E-state index contributed by atoms with van der Waals surface area (Å²) in [5, 5.41) is 1.33. The van der Waals surface area contributed by atoms with Crippen molar-refractivity contribution in [3.8, 4) is 0 Å². The minimum Gasteiger partial charge on any atom is -0.367 e. The summed E-state index contributed by atoms with van der Waals surface area (Å²) in [7, 11) is -3.33. The molecule has 0 aliphatic carbocycles. The smallest absolute Gasteiger partial charge is 0.199 e. The molecule has 0 amide bonds. The summed E-state index contributed by atoms with van der Waals surface area (Å²) in [6.45, 7) is 8.15. The van der Waals surface area contributed by atoms with Crippen molar-refractivity contribution >= 4 is 9.84 Å². The minimum atomic E-state index is -3.33. The van der Waals surface area contributed by atoms with E-state index < -0.39 is 9.84 Å². The molecular weight excluding hydrogens is 284 g/mol. The average molecular weight is 308 g/mol. The summed E-state index contributed by atoms with van der Waals surface area (Å²) in [4.78, 5) is 0.350. The Balaban J connectivity index is 1.91. The second-order valence-electron chi connectivity index (χ2n) is 6.45. The van der Waals surface area contributed by atoms with Gasteiger partial charge in [0.2, 0.25) is 0 Å². The van der Waals surface area contributed by atoms with Crippen molar-refractivity contribution in [2.24, 2.45) is 5.92 Å². The molecule has 0 saturated carbocycles. The molecule has 1 aromatic carbocycles. The third-order valence-electron chi connectivity index (χ3n) is 3.98. The molecule has 0 N–H and O–H groups in total. The van der Waals surface area contributed by atoms with Gasteiger partial charge in [0.05, 0.1) is 16.6 Å². The molecule has 2 atom stereocenters. The van der Waals surface area contributed by atoms with Crippen LogP contribution in [0.5, 0.6) is 0 Å². The maximum atomic E-state index is 12.2. The van der Waals surface area contributed by atoms with Crippen molar-refractivity contribution in [3.63, 3.8) is 0 Å². The van der Waals surface area contributed by atoms with Gasteiger partial charge in [0, 0.05) is 5.41 Å². The molecule has 1 aliphatic rings. The zero-order valence-electron chi connectivity index (χ0n) is 13.2. The van der Waals surface area contributed by atoms with Crippen LogP contribution in [0.15, 0.2) is 40.6 Å². The molecule has 0 radical (unpaired) electrons. The molecule has 1 aromatic rings. The van der Waals surface area contributed by atoms with Crippen LogP contribution in [-0.2, 0) is 14.6 Å². The van der Waals surface area contributed by atoms with E-state index in [0.29, 0.717) is 11.0 Å². The zero-order chi connectivity index (χ0) is 15.7. The van der Waals surface area contributed by atoms with E-state index in [1.807, 2.05) is 26.0 Å². The van der Waals surface area contributed by atoms with Gasteiger partial charge in [-0.1, -0.05) is 30.7 Å². The van der Waals surface area contributed by atoms with Gasteiger partial charge in [-0.3, -0.25) is 0 Å². The molecule has 1 heterocycles. The third-order valence-corrected chi connectivity index (χ3v) is 5.43. The van der Waals surface area contributed by atoms with Gasteiger partial charge in [-0.25, -0.2) is 8.42 Å². The normalized spacial score (nSPS) is 22.4. The molecule has 0 bridgehead atoms. The number of hydrogen-bond acceptors (Lipinski definition) is 3. The molecule has 0 aromatic heterocycles. The molecular formula is C17H24O3S. The summed E-state index contributed by atoms with van der Waals surface area (Å²) in [6.07, 6.45) is 4.02. The van der Waals surface area contributed by atoms with Crippen LogP contribution in [0.25, 0.3) is 0 Å². The lowest BCUT2D eigenvalue weighted by molar-refractivity contribution is 0.316. The van der Waals surface area contributed by atoms with Gasteiger partial charge < -0.3 is 4.74 Å². The van der Waals surface area contributed by atoms with E-state index >= 15 is 0 Å². The Hall–Kier alpha value is -1.13. The van der Waals surface area contributed by atoms with Crippen molar-refractivity contribution in [1.82, 2.24) is 0 Å². The van der Waals surface area contributed by atoms with Gasteiger partial charge in [0.25, 0.3) is 0 Å². The van der Waals surface area contributed by atoms with Crippen molar-refractivity contribution in [3.05, 3.63) is 41.3 Å². The molecule has 0 spiro atoms. The monoisotopic (exact) mass is 308 g/mol. The molecule has 21 heavy (non-hydrogen) atoms. The summed E-state index contributed by atoms with van der Waals surface area (Å²) in [5.74, 6) is 0.227. The van der Waals surface area contributed by atoms with Crippen molar-refractivity contribution in [1.29, 1.82) is 0 Å². The van der Waals surface area contributed by atoms with E-state index in [1.165, 1.54) is 5.41 Å². The fraction of sp³-hybridized carbons (Fsp3) is 0.529. The van der Waals surface area contributed by atoms with E-state index in [9.17, 15) is 8.42 Å². The van der Waals surface area contributed by atoms with E-state index in [4.69, 9.17) is 4.74 Å². The Morgan fingerprint density at radius 3 is 2.38 bits per heavy atom. The fourth-order valence-corrected chi connectivity index (χ4v) is 3.44. The van der Waals surface area contributed by atoms with Crippen LogP contribution in [0, 0.1) is 12.8 Å². The van der Waals surface area contributed by atoms with Crippen LogP contribution < -0.4 is 0 Å². The highest BCUT2D eigenvalue weighted by atomic mass is 32.2. The first-order chi connectivity index (χ1) is 9.71. The van der Waals surface area contributed by atoms with E-state index in [-0.39, 0.29) is 11.5 Å². The average Bonchev–Trinajstić information content (AvgIpc) is 3.02. The molecule has 2 unspecified atom stereocenters. The number of ether oxygens (including phenoxy) is 1. The quantitative estimate of drug-likeness (QED) is 0.749. The molecule has 4 heteroatoms. The number of hydrogen-bond donors (Lipinski definition) is 0.